The number of hydrogen-bond acceptors (Lipinski definition) is 4. The van der Waals surface area contributed by atoms with Crippen molar-refractivity contribution < 1.29 is 4.79 Å². The molecule has 0 saturated heterocycles. The predicted molar refractivity (Wildman–Crippen MR) is 81.8 cm³/mol. The number of rotatable bonds is 5. The first-order valence-corrected chi connectivity index (χ1v) is 7.53. The second kappa shape index (κ2) is 6.68. The van der Waals surface area contributed by atoms with Crippen molar-refractivity contribution in [1.29, 1.82) is 0 Å². The molecule has 0 bridgehead atoms. The van der Waals surface area contributed by atoms with Crippen LogP contribution in [0, 0.1) is 0 Å². The number of carbonyl (C=O) groups is 1. The van der Waals surface area contributed by atoms with Crippen LogP contribution < -0.4 is 10.6 Å². The normalized spacial score (nSPS) is 10.2. The van der Waals surface area contributed by atoms with Crippen LogP contribution in [-0.4, -0.2) is 24.5 Å². The van der Waals surface area contributed by atoms with Crippen LogP contribution >= 0.6 is 27.3 Å². The topological polar surface area (TPSA) is 54.0 Å². The summed E-state index contributed by atoms with van der Waals surface area (Å²) in [6.45, 7) is 0.576. The molecular weight excluding hydrogens is 326 g/mol. The summed E-state index contributed by atoms with van der Waals surface area (Å²) >= 11 is 4.93. The molecule has 0 fully saturated rings. The number of carbonyl (C=O) groups excluding carboxylic acids is 1. The monoisotopic (exact) mass is 339 g/mol. The van der Waals surface area contributed by atoms with Gasteiger partial charge in [0.2, 0.25) is 0 Å². The Labute approximate surface area is 124 Å². The van der Waals surface area contributed by atoms with E-state index in [0.29, 0.717) is 12.1 Å². The zero-order valence-corrected chi connectivity index (χ0v) is 12.8. The number of amides is 1. The van der Waals surface area contributed by atoms with Crippen LogP contribution in [0.1, 0.15) is 16.1 Å². The second-order valence-corrected chi connectivity index (χ2v) is 5.59. The molecule has 0 aliphatic rings. The molecule has 2 aromatic rings. The summed E-state index contributed by atoms with van der Waals surface area (Å²) in [5.41, 5.74) is 1.64. The van der Waals surface area contributed by atoms with Crippen molar-refractivity contribution in [3.63, 3.8) is 0 Å². The van der Waals surface area contributed by atoms with Crippen molar-refractivity contribution in [2.75, 3.05) is 18.9 Å². The molecule has 19 heavy (non-hydrogen) atoms. The summed E-state index contributed by atoms with van der Waals surface area (Å²) in [5.74, 6) is -0.0726. The van der Waals surface area contributed by atoms with E-state index in [-0.39, 0.29) is 5.91 Å². The molecule has 0 aliphatic heterocycles. The van der Waals surface area contributed by atoms with Gasteiger partial charge in [-0.2, -0.15) is 0 Å². The Bertz CT molecular complexity index is 571. The SMILES string of the molecule is CNc1nc(CCNC(=O)c2ccccc2Br)cs1. The Morgan fingerprint density at radius 2 is 2.21 bits per heavy atom. The molecule has 6 heteroatoms. The minimum absolute atomic E-state index is 0.0726. The predicted octanol–water partition coefficient (Wildman–Crippen LogP) is 2.92. The van der Waals surface area contributed by atoms with Crippen molar-refractivity contribution in [3.8, 4) is 0 Å². The van der Waals surface area contributed by atoms with E-state index < -0.39 is 0 Å². The van der Waals surface area contributed by atoms with Gasteiger partial charge in [0, 0.05) is 29.9 Å². The number of nitrogens with zero attached hydrogens (tertiary/aromatic N) is 1. The molecular formula is C13H14BrN3OS. The van der Waals surface area contributed by atoms with Crippen molar-refractivity contribution in [1.82, 2.24) is 10.3 Å². The van der Waals surface area contributed by atoms with Gasteiger partial charge in [0.05, 0.1) is 11.3 Å². The highest BCUT2D eigenvalue weighted by Crippen LogP contribution is 2.16. The lowest BCUT2D eigenvalue weighted by Crippen LogP contribution is -2.26. The van der Waals surface area contributed by atoms with Crippen LogP contribution in [0.25, 0.3) is 0 Å². The van der Waals surface area contributed by atoms with Gasteiger partial charge in [-0.15, -0.1) is 11.3 Å². The highest BCUT2D eigenvalue weighted by Gasteiger charge is 2.08. The molecule has 0 atom stereocenters. The fourth-order valence-electron chi connectivity index (χ4n) is 1.58. The van der Waals surface area contributed by atoms with E-state index in [1.54, 1.807) is 17.4 Å². The molecule has 2 rings (SSSR count). The first kappa shape index (κ1) is 14.0. The van der Waals surface area contributed by atoms with E-state index in [9.17, 15) is 4.79 Å². The summed E-state index contributed by atoms with van der Waals surface area (Å²) < 4.78 is 0.804. The highest BCUT2D eigenvalue weighted by atomic mass is 79.9. The van der Waals surface area contributed by atoms with Gasteiger partial charge >= 0.3 is 0 Å². The molecule has 1 aromatic carbocycles. The fourth-order valence-corrected chi connectivity index (χ4v) is 2.75. The van der Waals surface area contributed by atoms with Crippen molar-refractivity contribution in [2.24, 2.45) is 0 Å². The molecule has 0 aliphatic carbocycles. The minimum atomic E-state index is -0.0726. The van der Waals surface area contributed by atoms with Crippen LogP contribution in [0.2, 0.25) is 0 Å². The number of nitrogens with one attached hydrogen (secondary N) is 2. The molecule has 0 unspecified atom stereocenters. The number of benzene rings is 1. The van der Waals surface area contributed by atoms with Crippen LogP contribution in [0.15, 0.2) is 34.1 Å². The second-order valence-electron chi connectivity index (χ2n) is 3.88. The lowest BCUT2D eigenvalue weighted by atomic mass is 10.2. The molecule has 0 radical (unpaired) electrons. The van der Waals surface area contributed by atoms with E-state index in [2.05, 4.69) is 31.5 Å². The first-order chi connectivity index (χ1) is 9.20. The van der Waals surface area contributed by atoms with Crippen molar-refractivity contribution in [3.05, 3.63) is 45.4 Å². The minimum Gasteiger partial charge on any atom is -0.365 e. The third-order valence-corrected chi connectivity index (χ3v) is 4.15. The molecule has 4 nitrogen and oxygen atoms in total. The van der Waals surface area contributed by atoms with Gasteiger partial charge in [-0.1, -0.05) is 12.1 Å². The Morgan fingerprint density at radius 3 is 2.89 bits per heavy atom. The maximum atomic E-state index is 11.9. The average Bonchev–Trinajstić information content (AvgIpc) is 2.87. The third-order valence-electron chi connectivity index (χ3n) is 2.55. The molecule has 2 N–H and O–H groups in total. The standard InChI is InChI=1S/C13H14BrN3OS/c1-15-13-17-9(8-19-13)6-7-16-12(18)10-4-2-3-5-11(10)14/h2-5,8H,6-7H2,1H3,(H,15,17)(H,16,18). The highest BCUT2D eigenvalue weighted by molar-refractivity contribution is 9.10. The first-order valence-electron chi connectivity index (χ1n) is 5.85. The zero-order chi connectivity index (χ0) is 13.7. The molecule has 1 aromatic heterocycles. The number of hydrogen-bond donors (Lipinski definition) is 2. The van der Waals surface area contributed by atoms with Crippen LogP contribution in [0.4, 0.5) is 5.13 Å². The quantitative estimate of drug-likeness (QED) is 0.880. The van der Waals surface area contributed by atoms with Gasteiger partial charge in [-0.05, 0) is 28.1 Å². The fraction of sp³-hybridized carbons (Fsp3) is 0.231. The summed E-state index contributed by atoms with van der Waals surface area (Å²) in [6.07, 6.45) is 0.731. The molecule has 1 heterocycles. The summed E-state index contributed by atoms with van der Waals surface area (Å²) in [6, 6.07) is 7.38. The van der Waals surface area contributed by atoms with E-state index in [1.165, 1.54) is 0 Å². The smallest absolute Gasteiger partial charge is 0.252 e. The molecule has 100 valence electrons. The van der Waals surface area contributed by atoms with Gasteiger partial charge < -0.3 is 10.6 Å². The van der Waals surface area contributed by atoms with Gasteiger partial charge in [0.15, 0.2) is 5.13 Å². The Kier molecular flexibility index (Phi) is 4.93. The summed E-state index contributed by atoms with van der Waals surface area (Å²) in [7, 11) is 1.84. The summed E-state index contributed by atoms with van der Waals surface area (Å²) in [4.78, 5) is 16.3. The van der Waals surface area contributed by atoms with Gasteiger partial charge in [-0.25, -0.2) is 4.98 Å². The van der Waals surface area contributed by atoms with E-state index in [4.69, 9.17) is 0 Å². The number of anilines is 1. The Morgan fingerprint density at radius 1 is 1.42 bits per heavy atom. The number of thiazole rings is 1. The third kappa shape index (κ3) is 3.78. The maximum absolute atomic E-state index is 11.9. The molecule has 0 saturated carbocycles. The van der Waals surface area contributed by atoms with Crippen LogP contribution in [0.5, 0.6) is 0 Å². The Balaban J connectivity index is 1.86. The average molecular weight is 340 g/mol. The number of halogens is 1. The molecule has 0 spiro atoms. The largest absolute Gasteiger partial charge is 0.365 e. The van der Waals surface area contributed by atoms with Gasteiger partial charge in [0.25, 0.3) is 5.91 Å². The van der Waals surface area contributed by atoms with Crippen LogP contribution in [0.3, 0.4) is 0 Å². The van der Waals surface area contributed by atoms with E-state index in [0.717, 1.165) is 21.7 Å². The lowest BCUT2D eigenvalue weighted by Gasteiger charge is -2.05. The number of aromatic nitrogens is 1. The van der Waals surface area contributed by atoms with E-state index >= 15 is 0 Å². The van der Waals surface area contributed by atoms with Crippen molar-refractivity contribution in [2.45, 2.75) is 6.42 Å². The zero-order valence-electron chi connectivity index (χ0n) is 10.4. The van der Waals surface area contributed by atoms with Crippen LogP contribution in [-0.2, 0) is 6.42 Å². The van der Waals surface area contributed by atoms with E-state index in [1.807, 2.05) is 30.6 Å². The Hall–Kier alpha value is -1.40. The van der Waals surface area contributed by atoms with Crippen molar-refractivity contribution >= 4 is 38.3 Å². The maximum Gasteiger partial charge on any atom is 0.252 e. The molecule has 1 amide bonds. The lowest BCUT2D eigenvalue weighted by molar-refractivity contribution is 0.0953. The van der Waals surface area contributed by atoms with Gasteiger partial charge in [-0.3, -0.25) is 4.79 Å². The van der Waals surface area contributed by atoms with Gasteiger partial charge in [0.1, 0.15) is 0 Å². The summed E-state index contributed by atoms with van der Waals surface area (Å²) in [5, 5.41) is 8.78.